The number of ketones is 1. The van der Waals surface area contributed by atoms with Gasteiger partial charge in [-0.25, -0.2) is 0 Å². The van der Waals surface area contributed by atoms with Crippen LogP contribution >= 0.6 is 0 Å². The Hall–Kier alpha value is -2.15. The number of Topliss-reactive ketones (excluding diaryl/α,β-unsaturated/α-hetero) is 1. The molecule has 0 radical (unpaired) electrons. The largest absolute Gasteiger partial charge is 0.398 e. The molecule has 0 bridgehead atoms. The SMILES string of the molecule is CC(=O)c1ccc(C(=N)C#N)c(N)c1. The van der Waals surface area contributed by atoms with Crippen molar-refractivity contribution in [2.45, 2.75) is 6.92 Å². The van der Waals surface area contributed by atoms with Gasteiger partial charge in [0.2, 0.25) is 0 Å². The number of hydrogen-bond donors (Lipinski definition) is 2. The Labute approximate surface area is 81.5 Å². The number of hydrogen-bond acceptors (Lipinski definition) is 4. The average Bonchev–Trinajstić information content (AvgIpc) is 2.16. The predicted octanol–water partition coefficient (Wildman–Crippen LogP) is 1.36. The molecule has 14 heavy (non-hydrogen) atoms. The summed E-state index contributed by atoms with van der Waals surface area (Å²) in [5.41, 5.74) is 6.52. The number of nitrogens with one attached hydrogen (secondary N) is 1. The van der Waals surface area contributed by atoms with Crippen molar-refractivity contribution in [1.82, 2.24) is 0 Å². The fraction of sp³-hybridized carbons (Fsp3) is 0.100. The van der Waals surface area contributed by atoms with Crippen LogP contribution < -0.4 is 5.73 Å². The van der Waals surface area contributed by atoms with Crippen LogP contribution in [0.4, 0.5) is 5.69 Å². The van der Waals surface area contributed by atoms with Crippen molar-refractivity contribution in [1.29, 1.82) is 10.7 Å². The summed E-state index contributed by atoms with van der Waals surface area (Å²) in [4.78, 5) is 11.0. The molecule has 0 aliphatic rings. The average molecular weight is 187 g/mol. The first-order valence-corrected chi connectivity index (χ1v) is 3.95. The van der Waals surface area contributed by atoms with E-state index in [9.17, 15) is 4.79 Å². The fourth-order valence-electron chi connectivity index (χ4n) is 1.07. The smallest absolute Gasteiger partial charge is 0.159 e. The fourth-order valence-corrected chi connectivity index (χ4v) is 1.07. The molecule has 0 heterocycles. The van der Waals surface area contributed by atoms with Gasteiger partial charge in [0.15, 0.2) is 5.78 Å². The van der Waals surface area contributed by atoms with E-state index in [1.807, 2.05) is 0 Å². The summed E-state index contributed by atoms with van der Waals surface area (Å²) in [5.74, 6) is -0.0910. The number of anilines is 1. The van der Waals surface area contributed by atoms with E-state index in [2.05, 4.69) is 0 Å². The van der Waals surface area contributed by atoms with Crippen molar-refractivity contribution >= 4 is 17.2 Å². The van der Waals surface area contributed by atoms with Gasteiger partial charge < -0.3 is 5.73 Å². The van der Waals surface area contributed by atoms with E-state index >= 15 is 0 Å². The molecule has 0 saturated heterocycles. The van der Waals surface area contributed by atoms with E-state index in [0.29, 0.717) is 11.1 Å². The molecule has 0 aliphatic carbocycles. The van der Waals surface area contributed by atoms with E-state index in [4.69, 9.17) is 16.4 Å². The molecule has 3 N–H and O–H groups in total. The lowest BCUT2D eigenvalue weighted by atomic mass is 10.0. The van der Waals surface area contributed by atoms with E-state index in [1.54, 1.807) is 12.1 Å². The highest BCUT2D eigenvalue weighted by molar-refractivity contribution is 6.13. The van der Waals surface area contributed by atoms with Crippen LogP contribution in [-0.2, 0) is 0 Å². The molecule has 1 aromatic carbocycles. The van der Waals surface area contributed by atoms with Gasteiger partial charge in [-0.2, -0.15) is 5.26 Å². The zero-order valence-corrected chi connectivity index (χ0v) is 7.66. The first kappa shape index (κ1) is 9.93. The van der Waals surface area contributed by atoms with Crippen molar-refractivity contribution in [3.05, 3.63) is 29.3 Å². The third-order valence-corrected chi connectivity index (χ3v) is 1.84. The summed E-state index contributed by atoms with van der Waals surface area (Å²) in [5, 5.41) is 15.8. The summed E-state index contributed by atoms with van der Waals surface area (Å²) < 4.78 is 0. The third-order valence-electron chi connectivity index (χ3n) is 1.84. The molecule has 0 saturated carbocycles. The van der Waals surface area contributed by atoms with Gasteiger partial charge >= 0.3 is 0 Å². The highest BCUT2D eigenvalue weighted by atomic mass is 16.1. The molecule has 0 aromatic heterocycles. The van der Waals surface area contributed by atoms with Gasteiger partial charge in [0.05, 0.1) is 0 Å². The molecular formula is C10H9N3O. The molecule has 1 aromatic rings. The molecule has 0 aliphatic heterocycles. The monoisotopic (exact) mass is 187 g/mol. The Morgan fingerprint density at radius 2 is 2.21 bits per heavy atom. The number of carbonyl (C=O) groups excluding carboxylic acids is 1. The molecule has 0 fully saturated rings. The molecule has 4 heteroatoms. The Bertz CT molecular complexity index is 443. The first-order valence-electron chi connectivity index (χ1n) is 3.95. The number of benzene rings is 1. The van der Waals surface area contributed by atoms with Gasteiger partial charge in [0.1, 0.15) is 11.8 Å². The molecule has 0 spiro atoms. The van der Waals surface area contributed by atoms with Gasteiger partial charge in [0, 0.05) is 16.8 Å². The van der Waals surface area contributed by atoms with Crippen molar-refractivity contribution in [3.63, 3.8) is 0 Å². The highest BCUT2D eigenvalue weighted by Gasteiger charge is 2.07. The molecule has 70 valence electrons. The lowest BCUT2D eigenvalue weighted by Gasteiger charge is -2.03. The van der Waals surface area contributed by atoms with Gasteiger partial charge in [-0.1, -0.05) is 6.07 Å². The molecule has 0 atom stereocenters. The predicted molar refractivity (Wildman–Crippen MR) is 53.3 cm³/mol. The maximum absolute atomic E-state index is 11.0. The van der Waals surface area contributed by atoms with Crippen molar-refractivity contribution in [3.8, 4) is 6.07 Å². The number of nitriles is 1. The molecule has 0 unspecified atom stereocenters. The minimum atomic E-state index is -0.197. The normalized spacial score (nSPS) is 9.14. The van der Waals surface area contributed by atoms with Gasteiger partial charge in [-0.15, -0.1) is 0 Å². The summed E-state index contributed by atoms with van der Waals surface area (Å²) in [6.07, 6.45) is 0. The van der Waals surface area contributed by atoms with Crippen molar-refractivity contribution in [2.75, 3.05) is 5.73 Å². The number of nitrogen functional groups attached to an aromatic ring is 1. The van der Waals surface area contributed by atoms with Crippen LogP contribution in [0.1, 0.15) is 22.8 Å². The lowest BCUT2D eigenvalue weighted by molar-refractivity contribution is 0.101. The Kier molecular flexibility index (Phi) is 2.63. The minimum absolute atomic E-state index is 0.0910. The van der Waals surface area contributed by atoms with Crippen LogP contribution in [0.3, 0.4) is 0 Å². The lowest BCUT2D eigenvalue weighted by Crippen LogP contribution is -2.03. The van der Waals surface area contributed by atoms with Gasteiger partial charge in [-0.05, 0) is 19.1 Å². The van der Waals surface area contributed by atoms with Crippen molar-refractivity contribution < 1.29 is 4.79 Å². The topological polar surface area (TPSA) is 90.7 Å². The van der Waals surface area contributed by atoms with Crippen LogP contribution in [0.5, 0.6) is 0 Å². The Morgan fingerprint density at radius 1 is 1.57 bits per heavy atom. The van der Waals surface area contributed by atoms with E-state index in [1.165, 1.54) is 19.1 Å². The zero-order valence-electron chi connectivity index (χ0n) is 7.66. The standard InChI is InChI=1S/C10H9N3O/c1-6(14)7-2-3-8(9(12)4-7)10(13)5-11/h2-4,13H,12H2,1H3. The van der Waals surface area contributed by atoms with E-state index < -0.39 is 0 Å². The maximum Gasteiger partial charge on any atom is 0.159 e. The second kappa shape index (κ2) is 3.71. The summed E-state index contributed by atoms with van der Waals surface area (Å²) in [7, 11) is 0. The van der Waals surface area contributed by atoms with Crippen LogP contribution in [0.15, 0.2) is 18.2 Å². The number of carbonyl (C=O) groups is 1. The zero-order chi connectivity index (χ0) is 10.7. The van der Waals surface area contributed by atoms with Crippen LogP contribution in [0.2, 0.25) is 0 Å². The number of nitrogens with zero attached hydrogens (tertiary/aromatic N) is 1. The molecule has 4 nitrogen and oxygen atoms in total. The van der Waals surface area contributed by atoms with Gasteiger partial charge in [0.25, 0.3) is 0 Å². The summed E-state index contributed by atoms with van der Waals surface area (Å²) >= 11 is 0. The second-order valence-corrected chi connectivity index (χ2v) is 2.85. The van der Waals surface area contributed by atoms with Crippen molar-refractivity contribution in [2.24, 2.45) is 0 Å². The minimum Gasteiger partial charge on any atom is -0.398 e. The summed E-state index contributed by atoms with van der Waals surface area (Å²) in [6, 6.07) is 6.23. The third kappa shape index (κ3) is 1.77. The van der Waals surface area contributed by atoms with Gasteiger partial charge in [-0.3, -0.25) is 10.2 Å². The molecule has 0 amide bonds. The Balaban J connectivity index is 3.22. The van der Waals surface area contributed by atoms with E-state index in [0.717, 1.165) is 0 Å². The first-order chi connectivity index (χ1) is 6.56. The quantitative estimate of drug-likeness (QED) is 0.416. The van der Waals surface area contributed by atoms with Crippen LogP contribution in [-0.4, -0.2) is 11.5 Å². The number of rotatable bonds is 2. The molecular weight excluding hydrogens is 178 g/mol. The van der Waals surface area contributed by atoms with Crippen LogP contribution in [0, 0.1) is 16.7 Å². The molecule has 1 rings (SSSR count). The maximum atomic E-state index is 11.0. The van der Waals surface area contributed by atoms with E-state index in [-0.39, 0.29) is 17.2 Å². The highest BCUT2D eigenvalue weighted by Crippen LogP contribution is 2.15. The second-order valence-electron chi connectivity index (χ2n) is 2.85. The summed E-state index contributed by atoms with van der Waals surface area (Å²) in [6.45, 7) is 1.43. The number of nitrogens with two attached hydrogens (primary N) is 1. The Morgan fingerprint density at radius 3 is 2.64 bits per heavy atom. The van der Waals surface area contributed by atoms with Crippen LogP contribution in [0.25, 0.3) is 0 Å².